The molecular formula is C37H27N3O. The first-order valence-corrected chi connectivity index (χ1v) is 13.9. The van der Waals surface area contributed by atoms with Crippen LogP contribution in [-0.4, -0.2) is 10.4 Å². The summed E-state index contributed by atoms with van der Waals surface area (Å²) in [5.41, 5.74) is 13.6. The van der Waals surface area contributed by atoms with E-state index in [1.54, 1.807) is 0 Å². The van der Waals surface area contributed by atoms with Crippen molar-refractivity contribution in [2.75, 3.05) is 0 Å². The number of amidine groups is 1. The number of rotatable bonds is 3. The second-order valence-electron chi connectivity index (χ2n) is 10.6. The average molecular weight is 530 g/mol. The van der Waals surface area contributed by atoms with Gasteiger partial charge in [-0.2, -0.15) is 0 Å². The van der Waals surface area contributed by atoms with Gasteiger partial charge in [0, 0.05) is 44.9 Å². The largest absolute Gasteiger partial charge is 0.455 e. The summed E-state index contributed by atoms with van der Waals surface area (Å²) >= 11 is 0. The Bertz CT molecular complexity index is 2270. The monoisotopic (exact) mass is 529 g/mol. The highest BCUT2D eigenvalue weighted by molar-refractivity contribution is 6.35. The summed E-state index contributed by atoms with van der Waals surface area (Å²) < 4.78 is 8.95. The molecule has 7 aromatic rings. The summed E-state index contributed by atoms with van der Waals surface area (Å²) in [7, 11) is 0. The van der Waals surface area contributed by atoms with Crippen molar-refractivity contribution in [1.29, 1.82) is 0 Å². The lowest BCUT2D eigenvalue weighted by Gasteiger charge is -2.12. The Morgan fingerprint density at radius 3 is 2.29 bits per heavy atom. The van der Waals surface area contributed by atoms with Crippen molar-refractivity contribution >= 4 is 60.4 Å². The molecule has 4 nitrogen and oxygen atoms in total. The van der Waals surface area contributed by atoms with Crippen LogP contribution < -0.4 is 5.73 Å². The molecule has 0 bridgehead atoms. The van der Waals surface area contributed by atoms with Crippen molar-refractivity contribution in [2.24, 2.45) is 16.6 Å². The lowest BCUT2D eigenvalue weighted by atomic mass is 9.98. The number of hydrogen-bond acceptors (Lipinski definition) is 2. The number of nitrogens with two attached hydrogens (primary N) is 1. The molecule has 0 aliphatic heterocycles. The molecule has 0 radical (unpaired) electrons. The van der Waals surface area contributed by atoms with E-state index >= 15 is 0 Å². The van der Waals surface area contributed by atoms with Gasteiger partial charge in [-0.05, 0) is 47.4 Å². The van der Waals surface area contributed by atoms with Gasteiger partial charge in [0.25, 0.3) is 0 Å². The molecule has 2 aromatic heterocycles. The van der Waals surface area contributed by atoms with Crippen LogP contribution in [0.25, 0.3) is 60.2 Å². The molecule has 4 heteroatoms. The number of furan rings is 1. The van der Waals surface area contributed by atoms with E-state index < -0.39 is 0 Å². The fraction of sp³-hybridized carbons (Fsp3) is 0.0541. The van der Waals surface area contributed by atoms with E-state index in [2.05, 4.69) is 126 Å². The molecule has 1 atom stereocenters. The third-order valence-corrected chi connectivity index (χ3v) is 8.25. The van der Waals surface area contributed by atoms with Crippen LogP contribution in [0.3, 0.4) is 0 Å². The highest BCUT2D eigenvalue weighted by atomic mass is 16.3. The van der Waals surface area contributed by atoms with Crippen molar-refractivity contribution in [1.82, 2.24) is 4.57 Å². The molecule has 0 amide bonds. The predicted molar refractivity (Wildman–Crippen MR) is 172 cm³/mol. The summed E-state index contributed by atoms with van der Waals surface area (Å²) in [5.74, 6) is 0.818. The van der Waals surface area contributed by atoms with Gasteiger partial charge in [-0.25, -0.2) is 4.99 Å². The first kappa shape index (κ1) is 23.5. The highest BCUT2D eigenvalue weighted by Gasteiger charge is 2.22. The van der Waals surface area contributed by atoms with Gasteiger partial charge in [0.1, 0.15) is 17.0 Å². The van der Waals surface area contributed by atoms with E-state index in [0.717, 1.165) is 60.6 Å². The van der Waals surface area contributed by atoms with Crippen molar-refractivity contribution in [3.8, 4) is 5.69 Å². The molecule has 5 aromatic carbocycles. The SMILES string of the molecule is CC1C=CC=C/C1=C\N=C(/N)c1ccc(-n2c3ccccc3c3c4oc5ccccc5c4c4ccccc4c32)cc1. The molecule has 0 saturated carbocycles. The molecule has 2 N–H and O–H groups in total. The van der Waals surface area contributed by atoms with E-state index in [-0.39, 0.29) is 0 Å². The Morgan fingerprint density at radius 1 is 0.780 bits per heavy atom. The van der Waals surface area contributed by atoms with Gasteiger partial charge < -0.3 is 14.7 Å². The number of hydrogen-bond donors (Lipinski definition) is 1. The first-order valence-electron chi connectivity index (χ1n) is 13.9. The standard InChI is InChI=1S/C37H27N3O/c1-23-10-2-3-11-25(23)22-39-37(38)24-18-20-26(21-19-24)40-31-16-8-6-14-29(31)34-35(40)28-13-5-4-12-27(28)33-30-15-7-9-17-32(30)41-36(33)34/h2-23H,1H3,(H2,38,39)/b25-22+. The molecule has 0 spiro atoms. The molecule has 1 aliphatic carbocycles. The second kappa shape index (κ2) is 9.10. The van der Waals surface area contributed by atoms with E-state index in [0.29, 0.717) is 11.8 Å². The molecule has 1 aliphatic rings. The van der Waals surface area contributed by atoms with Gasteiger partial charge in [0.05, 0.1) is 16.4 Å². The minimum Gasteiger partial charge on any atom is -0.455 e. The van der Waals surface area contributed by atoms with E-state index in [9.17, 15) is 0 Å². The topological polar surface area (TPSA) is 56.4 Å². The summed E-state index contributed by atoms with van der Waals surface area (Å²) in [4.78, 5) is 4.58. The molecule has 1 unspecified atom stereocenters. The number of allylic oxidation sites excluding steroid dienone is 5. The summed E-state index contributed by atoms with van der Waals surface area (Å²) in [6.07, 6.45) is 10.2. The molecular weight excluding hydrogens is 502 g/mol. The van der Waals surface area contributed by atoms with Crippen LogP contribution in [0.2, 0.25) is 0 Å². The maximum atomic E-state index is 6.61. The summed E-state index contributed by atoms with van der Waals surface area (Å²) in [6, 6.07) is 33.9. The van der Waals surface area contributed by atoms with Crippen LogP contribution in [0.5, 0.6) is 0 Å². The summed E-state index contributed by atoms with van der Waals surface area (Å²) in [5, 5.41) is 6.98. The zero-order valence-corrected chi connectivity index (χ0v) is 22.6. The van der Waals surface area contributed by atoms with Crippen LogP contribution in [-0.2, 0) is 0 Å². The third-order valence-electron chi connectivity index (χ3n) is 8.25. The minimum atomic E-state index is 0.322. The average Bonchev–Trinajstić information content (AvgIpc) is 3.57. The summed E-state index contributed by atoms with van der Waals surface area (Å²) in [6.45, 7) is 2.15. The van der Waals surface area contributed by atoms with Gasteiger partial charge in [-0.15, -0.1) is 0 Å². The minimum absolute atomic E-state index is 0.322. The van der Waals surface area contributed by atoms with Crippen LogP contribution in [0.4, 0.5) is 0 Å². The molecule has 41 heavy (non-hydrogen) atoms. The maximum Gasteiger partial charge on any atom is 0.146 e. The van der Waals surface area contributed by atoms with Gasteiger partial charge in [0.15, 0.2) is 0 Å². The molecule has 0 fully saturated rings. The number of aromatic nitrogens is 1. The fourth-order valence-corrected chi connectivity index (χ4v) is 6.21. The fourth-order valence-electron chi connectivity index (χ4n) is 6.21. The van der Waals surface area contributed by atoms with E-state index in [1.807, 2.05) is 18.3 Å². The second-order valence-corrected chi connectivity index (χ2v) is 10.6. The Morgan fingerprint density at radius 2 is 1.49 bits per heavy atom. The van der Waals surface area contributed by atoms with Crippen LogP contribution in [0.1, 0.15) is 12.5 Å². The number of fused-ring (bicyclic) bond motifs is 10. The van der Waals surface area contributed by atoms with Gasteiger partial charge in [-0.1, -0.05) is 91.9 Å². The Kier molecular flexibility index (Phi) is 5.22. The Balaban J connectivity index is 1.37. The van der Waals surface area contributed by atoms with Gasteiger partial charge in [0.2, 0.25) is 0 Å². The maximum absolute atomic E-state index is 6.61. The molecule has 0 saturated heterocycles. The lowest BCUT2D eigenvalue weighted by Crippen LogP contribution is -2.13. The van der Waals surface area contributed by atoms with Crippen LogP contribution >= 0.6 is 0 Å². The smallest absolute Gasteiger partial charge is 0.146 e. The quantitative estimate of drug-likeness (QED) is 0.183. The van der Waals surface area contributed by atoms with Gasteiger partial charge in [-0.3, -0.25) is 0 Å². The molecule has 8 rings (SSSR count). The number of aliphatic imine (C=N–C) groups is 1. The Hall–Kier alpha value is -5.35. The molecule has 2 heterocycles. The van der Waals surface area contributed by atoms with Crippen LogP contribution in [0.15, 0.2) is 143 Å². The number of para-hydroxylation sites is 2. The van der Waals surface area contributed by atoms with E-state index in [4.69, 9.17) is 10.2 Å². The highest BCUT2D eigenvalue weighted by Crippen LogP contribution is 2.45. The number of benzene rings is 5. The predicted octanol–water partition coefficient (Wildman–Crippen LogP) is 9.19. The molecule has 196 valence electrons. The van der Waals surface area contributed by atoms with Crippen molar-refractivity contribution in [2.45, 2.75) is 6.92 Å². The van der Waals surface area contributed by atoms with Crippen LogP contribution in [0, 0.1) is 5.92 Å². The normalized spacial score (nSPS) is 16.8. The van der Waals surface area contributed by atoms with Crippen molar-refractivity contribution < 1.29 is 4.42 Å². The zero-order chi connectivity index (χ0) is 27.5. The van der Waals surface area contributed by atoms with Crippen molar-refractivity contribution in [3.05, 3.63) is 139 Å². The van der Waals surface area contributed by atoms with E-state index in [1.165, 1.54) is 10.8 Å². The first-order chi connectivity index (χ1) is 20.2. The zero-order valence-electron chi connectivity index (χ0n) is 22.6. The van der Waals surface area contributed by atoms with Gasteiger partial charge >= 0.3 is 0 Å². The van der Waals surface area contributed by atoms with Crippen molar-refractivity contribution in [3.63, 3.8) is 0 Å². The third kappa shape index (κ3) is 3.57. The number of nitrogens with zero attached hydrogens (tertiary/aromatic N) is 2. The Labute approximate surface area is 237 Å². The lowest BCUT2D eigenvalue weighted by molar-refractivity contribution is 0.673.